The van der Waals surface area contributed by atoms with E-state index >= 15 is 0 Å². The van der Waals surface area contributed by atoms with Crippen LogP contribution >= 0.6 is 0 Å². The fourth-order valence-electron chi connectivity index (χ4n) is 7.09. The molecule has 0 atom stereocenters. The second kappa shape index (κ2) is 9.84. The van der Waals surface area contributed by atoms with Gasteiger partial charge in [-0.1, -0.05) is 76.2 Å². The number of pyridine rings is 1. The third kappa shape index (κ3) is 4.45. The average Bonchev–Trinajstić information content (AvgIpc) is 3.38. The van der Waals surface area contributed by atoms with Gasteiger partial charge >= 0.3 is 0 Å². The molecule has 1 aliphatic carbocycles. The Bertz CT molecular complexity index is 2010. The highest BCUT2D eigenvalue weighted by Crippen LogP contribution is 2.49. The van der Waals surface area contributed by atoms with E-state index in [4.69, 9.17) is 4.42 Å². The fraction of sp³-hybridized carbons (Fsp3) is 0.275. The SMILES string of the molecule is Cc1ccc2c(oc3c(-c4ccc5c(c4)C(C)(C)CCC5(C)C)cc(N(C)c4ccccc4)cc32)c1-c1cccc[n+]1C. The zero-order valence-electron chi connectivity index (χ0n) is 26.5. The van der Waals surface area contributed by atoms with Crippen LogP contribution in [0.2, 0.25) is 0 Å². The first-order valence-corrected chi connectivity index (χ1v) is 15.4. The van der Waals surface area contributed by atoms with E-state index in [2.05, 4.69) is 155 Å². The van der Waals surface area contributed by atoms with E-state index in [1.807, 2.05) is 0 Å². The second-order valence-corrected chi connectivity index (χ2v) is 13.7. The van der Waals surface area contributed by atoms with Crippen molar-refractivity contribution < 1.29 is 8.98 Å². The zero-order valence-corrected chi connectivity index (χ0v) is 26.5. The maximum absolute atomic E-state index is 7.00. The van der Waals surface area contributed by atoms with E-state index in [1.54, 1.807) is 0 Å². The number of hydrogen-bond acceptors (Lipinski definition) is 2. The van der Waals surface area contributed by atoms with Gasteiger partial charge in [0.1, 0.15) is 18.2 Å². The first-order valence-electron chi connectivity index (χ1n) is 15.4. The van der Waals surface area contributed by atoms with E-state index in [0.29, 0.717) is 0 Å². The minimum Gasteiger partial charge on any atom is -0.454 e. The van der Waals surface area contributed by atoms with E-state index in [-0.39, 0.29) is 10.8 Å². The number of aryl methyl sites for hydroxylation is 2. The van der Waals surface area contributed by atoms with Crippen molar-refractivity contribution >= 4 is 33.3 Å². The number of para-hydroxylation sites is 1. The van der Waals surface area contributed by atoms with Crippen molar-refractivity contribution in [2.45, 2.75) is 58.3 Å². The molecule has 0 aliphatic heterocycles. The van der Waals surface area contributed by atoms with Crippen LogP contribution in [0.15, 0.2) is 102 Å². The van der Waals surface area contributed by atoms with Gasteiger partial charge in [-0.05, 0) is 83.2 Å². The Balaban J connectivity index is 1.54. The molecule has 0 saturated carbocycles. The predicted molar refractivity (Wildman–Crippen MR) is 180 cm³/mol. The van der Waals surface area contributed by atoms with Gasteiger partial charge in [0.15, 0.2) is 6.20 Å². The lowest BCUT2D eigenvalue weighted by Crippen LogP contribution is -2.33. The maximum Gasteiger partial charge on any atom is 0.216 e. The molecule has 0 N–H and O–H groups in total. The van der Waals surface area contributed by atoms with Gasteiger partial charge in [0.25, 0.3) is 0 Å². The van der Waals surface area contributed by atoms with Crippen LogP contribution in [0.1, 0.15) is 57.2 Å². The Morgan fingerprint density at radius 3 is 2.16 bits per heavy atom. The molecule has 2 heterocycles. The van der Waals surface area contributed by atoms with Crippen molar-refractivity contribution in [1.29, 1.82) is 0 Å². The minimum atomic E-state index is 0.124. The summed E-state index contributed by atoms with van der Waals surface area (Å²) in [6, 6.07) is 33.2. The molecule has 216 valence electrons. The number of fused-ring (bicyclic) bond motifs is 4. The second-order valence-electron chi connectivity index (χ2n) is 13.7. The Labute approximate surface area is 255 Å². The van der Waals surface area contributed by atoms with Gasteiger partial charge in [-0.15, -0.1) is 0 Å². The molecule has 0 unspecified atom stereocenters. The highest BCUT2D eigenvalue weighted by Gasteiger charge is 2.37. The van der Waals surface area contributed by atoms with E-state index in [9.17, 15) is 0 Å². The summed E-state index contributed by atoms with van der Waals surface area (Å²) in [5, 5.41) is 2.28. The van der Waals surface area contributed by atoms with Crippen molar-refractivity contribution in [2.75, 3.05) is 11.9 Å². The summed E-state index contributed by atoms with van der Waals surface area (Å²) in [5.74, 6) is 0. The summed E-state index contributed by atoms with van der Waals surface area (Å²) in [5.41, 5.74) is 13.2. The van der Waals surface area contributed by atoms with Crippen LogP contribution in [0, 0.1) is 6.92 Å². The van der Waals surface area contributed by atoms with Gasteiger partial charge in [-0.3, -0.25) is 0 Å². The molecule has 3 nitrogen and oxygen atoms in total. The molecular weight excluding hydrogens is 524 g/mol. The average molecular weight is 566 g/mol. The number of anilines is 2. The lowest BCUT2D eigenvalue weighted by Gasteiger charge is -2.42. The Morgan fingerprint density at radius 2 is 1.42 bits per heavy atom. The number of hydrogen-bond donors (Lipinski definition) is 0. The van der Waals surface area contributed by atoms with Crippen molar-refractivity contribution in [1.82, 2.24) is 0 Å². The third-order valence-electron chi connectivity index (χ3n) is 9.94. The zero-order chi connectivity index (χ0) is 30.1. The molecule has 0 saturated heterocycles. The standard InChI is InChI=1S/C40H41N2O/c1-26-16-18-30-32-25-29(42(7)28-13-9-8-10-14-28)24-31(37(32)43-38(30)36(26)35-15-11-12-22-41(35)6)27-17-19-33-34(23-27)40(4,5)21-20-39(33,2)3/h8-19,22-25H,20-21H2,1-7H3/q+1. The number of aromatic nitrogens is 1. The van der Waals surface area contributed by atoms with Crippen LogP contribution in [-0.2, 0) is 17.9 Å². The van der Waals surface area contributed by atoms with Gasteiger partial charge in [-0.25, -0.2) is 4.57 Å². The van der Waals surface area contributed by atoms with Gasteiger partial charge < -0.3 is 9.32 Å². The maximum atomic E-state index is 7.00. The molecule has 0 amide bonds. The molecular formula is C40H41N2O+. The van der Waals surface area contributed by atoms with Crippen LogP contribution in [0.3, 0.4) is 0 Å². The fourth-order valence-corrected chi connectivity index (χ4v) is 7.09. The summed E-state index contributed by atoms with van der Waals surface area (Å²) >= 11 is 0. The lowest BCUT2D eigenvalue weighted by molar-refractivity contribution is -0.660. The van der Waals surface area contributed by atoms with Crippen LogP contribution in [0.5, 0.6) is 0 Å². The molecule has 0 radical (unpaired) electrons. The summed E-state index contributed by atoms with van der Waals surface area (Å²) in [7, 11) is 4.26. The first-order chi connectivity index (χ1) is 20.5. The minimum absolute atomic E-state index is 0.124. The summed E-state index contributed by atoms with van der Waals surface area (Å²) in [6.07, 6.45) is 4.49. The number of nitrogens with zero attached hydrogens (tertiary/aromatic N) is 2. The van der Waals surface area contributed by atoms with Crippen molar-refractivity contribution in [2.24, 2.45) is 7.05 Å². The molecule has 43 heavy (non-hydrogen) atoms. The number of benzene rings is 4. The molecule has 0 spiro atoms. The largest absolute Gasteiger partial charge is 0.454 e. The lowest BCUT2D eigenvalue weighted by atomic mass is 9.63. The van der Waals surface area contributed by atoms with Crippen LogP contribution in [0.25, 0.3) is 44.3 Å². The molecule has 2 aromatic heterocycles. The third-order valence-corrected chi connectivity index (χ3v) is 9.94. The summed E-state index contributed by atoms with van der Waals surface area (Å²) in [6.45, 7) is 11.8. The highest BCUT2D eigenvalue weighted by molar-refractivity contribution is 6.14. The summed E-state index contributed by atoms with van der Waals surface area (Å²) in [4.78, 5) is 2.28. The Hall–Kier alpha value is -4.37. The van der Waals surface area contributed by atoms with Crippen molar-refractivity contribution in [3.05, 3.63) is 114 Å². The smallest absolute Gasteiger partial charge is 0.216 e. The van der Waals surface area contributed by atoms with Gasteiger partial charge in [0.05, 0.1) is 5.56 Å². The highest BCUT2D eigenvalue weighted by atomic mass is 16.3. The molecule has 0 bridgehead atoms. The Kier molecular flexibility index (Phi) is 6.28. The predicted octanol–water partition coefficient (Wildman–Crippen LogP) is 10.2. The molecule has 6 aromatic rings. The Morgan fingerprint density at radius 1 is 0.698 bits per heavy atom. The molecule has 7 rings (SSSR count). The summed E-state index contributed by atoms with van der Waals surface area (Å²) < 4.78 is 9.18. The van der Waals surface area contributed by atoms with E-state index in [1.165, 1.54) is 35.1 Å². The van der Waals surface area contributed by atoms with E-state index in [0.717, 1.165) is 50.1 Å². The normalized spacial score (nSPS) is 15.5. The molecule has 4 aromatic carbocycles. The van der Waals surface area contributed by atoms with Crippen LogP contribution in [0.4, 0.5) is 11.4 Å². The number of rotatable bonds is 4. The molecule has 3 heteroatoms. The van der Waals surface area contributed by atoms with E-state index < -0.39 is 0 Å². The van der Waals surface area contributed by atoms with Crippen LogP contribution < -0.4 is 9.47 Å². The first kappa shape index (κ1) is 27.5. The molecule has 1 aliphatic rings. The molecule has 0 fully saturated rings. The van der Waals surface area contributed by atoms with Gasteiger partial charge in [-0.2, -0.15) is 0 Å². The van der Waals surface area contributed by atoms with Gasteiger partial charge in [0, 0.05) is 46.9 Å². The van der Waals surface area contributed by atoms with Crippen LogP contribution in [-0.4, -0.2) is 7.05 Å². The number of furan rings is 1. The quantitative estimate of drug-likeness (QED) is 0.198. The van der Waals surface area contributed by atoms with Crippen molar-refractivity contribution in [3.63, 3.8) is 0 Å². The monoisotopic (exact) mass is 565 g/mol. The van der Waals surface area contributed by atoms with Crippen molar-refractivity contribution in [3.8, 4) is 22.4 Å². The topological polar surface area (TPSA) is 20.3 Å². The van der Waals surface area contributed by atoms with Gasteiger partial charge in [0.2, 0.25) is 5.69 Å².